The topological polar surface area (TPSA) is 76.7 Å². The summed E-state index contributed by atoms with van der Waals surface area (Å²) in [6.07, 6.45) is 0. The van der Waals surface area contributed by atoms with E-state index >= 15 is 0 Å². The number of rotatable bonds is 4. The van der Waals surface area contributed by atoms with Gasteiger partial charge in [0.15, 0.2) is 0 Å². The molecule has 2 aromatic carbocycles. The van der Waals surface area contributed by atoms with Gasteiger partial charge in [-0.05, 0) is 36.8 Å². The highest BCUT2D eigenvalue weighted by Gasteiger charge is 2.10. The number of nitrogens with zero attached hydrogens (tertiary/aromatic N) is 1. The van der Waals surface area contributed by atoms with Crippen molar-refractivity contribution in [3.05, 3.63) is 59.7 Å². The molecule has 0 saturated heterocycles. The van der Waals surface area contributed by atoms with Crippen molar-refractivity contribution >= 4 is 17.3 Å². The van der Waals surface area contributed by atoms with E-state index < -0.39 is 0 Å². The number of nitrogens with one attached hydrogen (secondary N) is 1. The Labute approximate surface area is 123 Å². The molecular formula is C16H17N3O2. The fraction of sp³-hybridized carbons (Fsp3) is 0.125. The molecule has 0 aromatic heterocycles. The van der Waals surface area contributed by atoms with Crippen LogP contribution in [0.2, 0.25) is 0 Å². The maximum Gasteiger partial charge on any atom is 0.275 e. The first-order chi connectivity index (χ1) is 10.1. The molecular weight excluding hydrogens is 266 g/mol. The van der Waals surface area contributed by atoms with Crippen LogP contribution in [0.1, 0.15) is 22.8 Å². The molecule has 0 unspecified atom stereocenters. The lowest BCUT2D eigenvalue weighted by Gasteiger charge is -2.07. The Morgan fingerprint density at radius 3 is 2.48 bits per heavy atom. The van der Waals surface area contributed by atoms with Crippen LogP contribution in [0.15, 0.2) is 53.6 Å². The number of nitrogen functional groups attached to an aromatic ring is 1. The van der Waals surface area contributed by atoms with E-state index in [1.165, 1.54) is 7.11 Å². The highest BCUT2D eigenvalue weighted by atomic mass is 16.5. The molecule has 0 aliphatic heterocycles. The number of amides is 1. The zero-order valence-electron chi connectivity index (χ0n) is 12.0. The Morgan fingerprint density at radius 1 is 1.14 bits per heavy atom. The highest BCUT2D eigenvalue weighted by Crippen LogP contribution is 2.16. The van der Waals surface area contributed by atoms with Gasteiger partial charge < -0.3 is 10.5 Å². The Balaban J connectivity index is 2.12. The number of hydrazone groups is 1. The molecule has 0 saturated carbocycles. The zero-order chi connectivity index (χ0) is 15.2. The van der Waals surface area contributed by atoms with Gasteiger partial charge in [0.25, 0.3) is 5.91 Å². The summed E-state index contributed by atoms with van der Waals surface area (Å²) in [6, 6.07) is 14.3. The molecule has 21 heavy (non-hydrogen) atoms. The Hall–Kier alpha value is -2.82. The molecule has 0 heterocycles. The third kappa shape index (κ3) is 3.60. The van der Waals surface area contributed by atoms with Crippen LogP contribution in [0.5, 0.6) is 5.75 Å². The molecule has 0 aliphatic rings. The number of para-hydroxylation sites is 1. The lowest BCUT2D eigenvalue weighted by molar-refractivity contribution is 0.0952. The third-order valence-electron chi connectivity index (χ3n) is 3.01. The summed E-state index contributed by atoms with van der Waals surface area (Å²) in [7, 11) is 1.52. The van der Waals surface area contributed by atoms with E-state index in [2.05, 4.69) is 10.5 Å². The van der Waals surface area contributed by atoms with Gasteiger partial charge in [0.1, 0.15) is 5.75 Å². The summed E-state index contributed by atoms with van der Waals surface area (Å²) in [4.78, 5) is 12.1. The van der Waals surface area contributed by atoms with Gasteiger partial charge in [0, 0.05) is 5.69 Å². The van der Waals surface area contributed by atoms with Crippen LogP contribution in [-0.2, 0) is 0 Å². The van der Waals surface area contributed by atoms with Gasteiger partial charge in [-0.2, -0.15) is 5.10 Å². The molecule has 3 N–H and O–H groups in total. The maximum atomic E-state index is 12.1. The molecule has 0 atom stereocenters. The molecule has 1 amide bonds. The van der Waals surface area contributed by atoms with Crippen LogP contribution in [0.4, 0.5) is 5.69 Å². The second-order valence-corrected chi connectivity index (χ2v) is 4.46. The third-order valence-corrected chi connectivity index (χ3v) is 3.01. The fourth-order valence-corrected chi connectivity index (χ4v) is 1.82. The van der Waals surface area contributed by atoms with Crippen molar-refractivity contribution < 1.29 is 9.53 Å². The van der Waals surface area contributed by atoms with E-state index in [9.17, 15) is 4.79 Å². The van der Waals surface area contributed by atoms with Crippen LogP contribution < -0.4 is 15.9 Å². The number of hydrogen-bond donors (Lipinski definition) is 2. The molecule has 0 radical (unpaired) electrons. The first-order valence-corrected chi connectivity index (χ1v) is 6.45. The Bertz CT molecular complexity index is 663. The fourth-order valence-electron chi connectivity index (χ4n) is 1.82. The summed E-state index contributed by atoms with van der Waals surface area (Å²) in [5.41, 5.74) is 10.9. The lowest BCUT2D eigenvalue weighted by atomic mass is 10.1. The monoisotopic (exact) mass is 283 g/mol. The minimum atomic E-state index is -0.317. The van der Waals surface area contributed by atoms with Gasteiger partial charge in [-0.1, -0.05) is 24.3 Å². The van der Waals surface area contributed by atoms with Crippen molar-refractivity contribution in [1.82, 2.24) is 5.43 Å². The first kappa shape index (κ1) is 14.6. The summed E-state index contributed by atoms with van der Waals surface area (Å²) >= 11 is 0. The Morgan fingerprint density at radius 2 is 1.81 bits per heavy atom. The zero-order valence-corrected chi connectivity index (χ0v) is 12.0. The maximum absolute atomic E-state index is 12.1. The highest BCUT2D eigenvalue weighted by molar-refractivity contribution is 6.01. The van der Waals surface area contributed by atoms with Crippen molar-refractivity contribution in [2.75, 3.05) is 12.8 Å². The largest absolute Gasteiger partial charge is 0.496 e. The van der Waals surface area contributed by atoms with Gasteiger partial charge in [-0.3, -0.25) is 4.79 Å². The molecule has 2 aromatic rings. The Kier molecular flexibility index (Phi) is 4.56. The number of hydrogen-bond acceptors (Lipinski definition) is 4. The molecule has 0 fully saturated rings. The second-order valence-electron chi connectivity index (χ2n) is 4.46. The van der Waals surface area contributed by atoms with Crippen LogP contribution in [-0.4, -0.2) is 18.7 Å². The molecule has 5 nitrogen and oxygen atoms in total. The minimum absolute atomic E-state index is 0.317. The second kappa shape index (κ2) is 6.56. The summed E-state index contributed by atoms with van der Waals surface area (Å²) in [5.74, 6) is 0.192. The van der Waals surface area contributed by atoms with E-state index in [1.54, 1.807) is 36.4 Å². The van der Waals surface area contributed by atoms with Gasteiger partial charge in [-0.15, -0.1) is 0 Å². The number of methoxy groups -OCH3 is 1. The van der Waals surface area contributed by atoms with Crippen LogP contribution in [0.25, 0.3) is 0 Å². The molecule has 5 heteroatoms. The van der Waals surface area contributed by atoms with Crippen LogP contribution >= 0.6 is 0 Å². The number of benzene rings is 2. The molecule has 0 bridgehead atoms. The number of carbonyl (C=O) groups is 1. The standard InChI is InChI=1S/C16H17N3O2/c1-11(12-7-9-13(17)10-8-12)18-19-16(20)14-5-3-4-6-15(14)21-2/h3-10H,17H2,1-2H3,(H,19,20). The molecule has 0 aliphatic carbocycles. The van der Waals surface area contributed by atoms with E-state index in [4.69, 9.17) is 10.5 Å². The van der Waals surface area contributed by atoms with Gasteiger partial charge >= 0.3 is 0 Å². The molecule has 108 valence electrons. The van der Waals surface area contributed by atoms with E-state index in [0.29, 0.717) is 22.7 Å². The summed E-state index contributed by atoms with van der Waals surface area (Å²) in [5, 5.41) is 4.10. The summed E-state index contributed by atoms with van der Waals surface area (Å²) in [6.45, 7) is 1.81. The number of ether oxygens (including phenoxy) is 1. The van der Waals surface area contributed by atoms with Gasteiger partial charge in [0.2, 0.25) is 0 Å². The van der Waals surface area contributed by atoms with Gasteiger partial charge in [-0.25, -0.2) is 5.43 Å². The van der Waals surface area contributed by atoms with E-state index in [0.717, 1.165) is 5.56 Å². The smallest absolute Gasteiger partial charge is 0.275 e. The van der Waals surface area contributed by atoms with Crippen molar-refractivity contribution in [1.29, 1.82) is 0 Å². The summed E-state index contributed by atoms with van der Waals surface area (Å²) < 4.78 is 5.15. The number of nitrogens with two attached hydrogens (primary N) is 1. The lowest BCUT2D eigenvalue weighted by Crippen LogP contribution is -2.20. The first-order valence-electron chi connectivity index (χ1n) is 6.45. The SMILES string of the molecule is COc1ccccc1C(=O)NN=C(C)c1ccc(N)cc1. The van der Waals surface area contributed by atoms with Crippen molar-refractivity contribution in [2.24, 2.45) is 5.10 Å². The van der Waals surface area contributed by atoms with Crippen LogP contribution in [0.3, 0.4) is 0 Å². The van der Waals surface area contributed by atoms with Crippen LogP contribution in [0, 0.1) is 0 Å². The average Bonchev–Trinajstić information content (AvgIpc) is 2.52. The van der Waals surface area contributed by atoms with Crippen molar-refractivity contribution in [3.63, 3.8) is 0 Å². The molecule has 2 rings (SSSR count). The van der Waals surface area contributed by atoms with E-state index in [1.807, 2.05) is 19.1 Å². The normalized spacial score (nSPS) is 11.0. The minimum Gasteiger partial charge on any atom is -0.496 e. The van der Waals surface area contributed by atoms with Crippen molar-refractivity contribution in [2.45, 2.75) is 6.92 Å². The van der Waals surface area contributed by atoms with Gasteiger partial charge in [0.05, 0.1) is 18.4 Å². The predicted octanol–water partition coefficient (Wildman–Crippen LogP) is 2.43. The number of carbonyl (C=O) groups excluding carboxylic acids is 1. The predicted molar refractivity (Wildman–Crippen MR) is 83.5 cm³/mol. The quantitative estimate of drug-likeness (QED) is 0.514. The van der Waals surface area contributed by atoms with E-state index in [-0.39, 0.29) is 5.91 Å². The van der Waals surface area contributed by atoms with Crippen molar-refractivity contribution in [3.8, 4) is 5.75 Å². The number of anilines is 1. The average molecular weight is 283 g/mol. The molecule has 0 spiro atoms.